The number of nitrogens with one attached hydrogen (secondary N) is 2. The number of hydrogen-bond donors (Lipinski definition) is 2. The van der Waals surface area contributed by atoms with Crippen LogP contribution in [0.5, 0.6) is 0 Å². The zero-order valence-electron chi connectivity index (χ0n) is 11.8. The molecule has 0 saturated heterocycles. The van der Waals surface area contributed by atoms with Gasteiger partial charge in [-0.05, 0) is 31.2 Å². The number of carbonyl (C=O) groups excluding carboxylic acids is 1. The zero-order chi connectivity index (χ0) is 15.5. The number of H-pyrrole nitrogens is 1. The molecule has 0 aliphatic carbocycles. The van der Waals surface area contributed by atoms with Crippen molar-refractivity contribution >= 4 is 34.3 Å². The lowest BCUT2D eigenvalue weighted by molar-refractivity contribution is 0.0955. The molecule has 110 valence electrons. The van der Waals surface area contributed by atoms with E-state index in [0.717, 1.165) is 11.0 Å². The maximum absolute atomic E-state index is 12.0. The highest BCUT2D eigenvalue weighted by molar-refractivity contribution is 6.33. The molecule has 1 amide bonds. The normalized spacial score (nSPS) is 11.6. The van der Waals surface area contributed by atoms with E-state index in [4.69, 9.17) is 11.6 Å². The molecule has 2 aromatic carbocycles. The second-order valence-corrected chi connectivity index (χ2v) is 5.13. The number of carbonyl (C=O) groups is 1. The van der Waals surface area contributed by atoms with E-state index in [1.165, 1.54) is 0 Å². The van der Waals surface area contributed by atoms with Crippen LogP contribution in [-0.4, -0.2) is 21.6 Å². The lowest BCUT2D eigenvalue weighted by Gasteiger charge is -2.02. The molecular weight excluding hydrogens is 300 g/mol. The van der Waals surface area contributed by atoms with Gasteiger partial charge < -0.3 is 4.98 Å². The molecule has 0 radical (unpaired) electrons. The third-order valence-electron chi connectivity index (χ3n) is 3.18. The van der Waals surface area contributed by atoms with Crippen molar-refractivity contribution < 1.29 is 4.79 Å². The molecule has 2 N–H and O–H groups in total. The molecule has 6 heteroatoms. The van der Waals surface area contributed by atoms with Crippen molar-refractivity contribution in [3.05, 3.63) is 64.9 Å². The van der Waals surface area contributed by atoms with Crippen LogP contribution in [-0.2, 0) is 0 Å². The average Bonchev–Trinajstić information content (AvgIpc) is 2.97. The van der Waals surface area contributed by atoms with Crippen LogP contribution in [0.25, 0.3) is 11.0 Å². The summed E-state index contributed by atoms with van der Waals surface area (Å²) in [6.45, 7) is 1.77. The molecule has 0 saturated carbocycles. The van der Waals surface area contributed by atoms with Crippen LogP contribution in [0.3, 0.4) is 0 Å². The SMILES string of the molecule is C/C(=N/NC(=O)c1ccccc1Cl)c1nc2ccccc2[nH]1. The Morgan fingerprint density at radius 1 is 1.18 bits per heavy atom. The molecule has 0 unspecified atom stereocenters. The Bertz CT molecular complexity index is 836. The van der Waals surface area contributed by atoms with Crippen molar-refractivity contribution in [2.75, 3.05) is 0 Å². The summed E-state index contributed by atoms with van der Waals surface area (Å²) in [5.41, 5.74) is 5.22. The molecule has 0 bridgehead atoms. The van der Waals surface area contributed by atoms with E-state index < -0.39 is 0 Å². The predicted octanol–water partition coefficient (Wildman–Crippen LogP) is 3.37. The number of hydrogen-bond acceptors (Lipinski definition) is 3. The van der Waals surface area contributed by atoms with Crippen LogP contribution >= 0.6 is 11.6 Å². The number of nitrogens with zero attached hydrogens (tertiary/aromatic N) is 2. The maximum Gasteiger partial charge on any atom is 0.272 e. The minimum Gasteiger partial charge on any atom is -0.337 e. The Morgan fingerprint density at radius 3 is 2.68 bits per heavy atom. The highest BCUT2D eigenvalue weighted by Gasteiger charge is 2.10. The summed E-state index contributed by atoms with van der Waals surface area (Å²) in [6, 6.07) is 14.5. The number of aromatic nitrogens is 2. The Morgan fingerprint density at radius 2 is 1.91 bits per heavy atom. The van der Waals surface area contributed by atoms with Gasteiger partial charge in [0.1, 0.15) is 5.71 Å². The summed E-state index contributed by atoms with van der Waals surface area (Å²) in [7, 11) is 0. The van der Waals surface area contributed by atoms with Crippen LogP contribution in [0.4, 0.5) is 0 Å². The van der Waals surface area contributed by atoms with E-state index >= 15 is 0 Å². The summed E-state index contributed by atoms with van der Waals surface area (Å²) >= 11 is 5.98. The van der Waals surface area contributed by atoms with E-state index in [9.17, 15) is 4.79 Å². The van der Waals surface area contributed by atoms with Crippen molar-refractivity contribution in [1.29, 1.82) is 0 Å². The van der Waals surface area contributed by atoms with E-state index in [1.807, 2.05) is 24.3 Å². The van der Waals surface area contributed by atoms with Gasteiger partial charge >= 0.3 is 0 Å². The van der Waals surface area contributed by atoms with Crippen molar-refractivity contribution in [3.8, 4) is 0 Å². The van der Waals surface area contributed by atoms with Gasteiger partial charge in [-0.15, -0.1) is 0 Å². The highest BCUT2D eigenvalue weighted by Crippen LogP contribution is 2.14. The number of halogens is 1. The smallest absolute Gasteiger partial charge is 0.272 e. The molecule has 1 aromatic heterocycles. The third kappa shape index (κ3) is 2.84. The summed E-state index contributed by atoms with van der Waals surface area (Å²) in [5.74, 6) is 0.252. The van der Waals surface area contributed by atoms with Crippen molar-refractivity contribution in [3.63, 3.8) is 0 Å². The summed E-state index contributed by atoms with van der Waals surface area (Å²) in [4.78, 5) is 19.6. The second-order valence-electron chi connectivity index (χ2n) is 4.72. The summed E-state index contributed by atoms with van der Waals surface area (Å²) in [5, 5.41) is 4.46. The molecule has 0 aliphatic rings. The van der Waals surface area contributed by atoms with Crippen LogP contribution in [0.2, 0.25) is 5.02 Å². The number of imidazole rings is 1. The molecule has 0 aliphatic heterocycles. The average molecular weight is 313 g/mol. The van der Waals surface area contributed by atoms with Gasteiger partial charge in [0.25, 0.3) is 5.91 Å². The van der Waals surface area contributed by atoms with Crippen molar-refractivity contribution in [2.24, 2.45) is 5.10 Å². The molecule has 1 heterocycles. The molecule has 0 spiro atoms. The second kappa shape index (κ2) is 5.99. The Kier molecular flexibility index (Phi) is 3.89. The topological polar surface area (TPSA) is 70.1 Å². The molecule has 5 nitrogen and oxygen atoms in total. The first kappa shape index (κ1) is 14.3. The fraction of sp³-hybridized carbons (Fsp3) is 0.0625. The van der Waals surface area contributed by atoms with Gasteiger partial charge in [0.05, 0.1) is 21.6 Å². The van der Waals surface area contributed by atoms with Crippen molar-refractivity contribution in [2.45, 2.75) is 6.92 Å². The number of rotatable bonds is 3. The molecule has 3 aromatic rings. The van der Waals surface area contributed by atoms with Gasteiger partial charge in [0.2, 0.25) is 0 Å². The Hall–Kier alpha value is -2.66. The summed E-state index contributed by atoms with van der Waals surface area (Å²) < 4.78 is 0. The largest absolute Gasteiger partial charge is 0.337 e. The number of benzene rings is 2. The monoisotopic (exact) mass is 312 g/mol. The van der Waals surface area contributed by atoms with Crippen molar-refractivity contribution in [1.82, 2.24) is 15.4 Å². The quantitative estimate of drug-likeness (QED) is 0.575. The van der Waals surface area contributed by atoms with Crippen LogP contribution in [0.15, 0.2) is 53.6 Å². The van der Waals surface area contributed by atoms with Gasteiger partial charge in [-0.1, -0.05) is 35.9 Å². The molecule has 0 atom stereocenters. The first-order valence-electron chi connectivity index (χ1n) is 6.69. The third-order valence-corrected chi connectivity index (χ3v) is 3.51. The van der Waals surface area contributed by atoms with E-state index in [-0.39, 0.29) is 5.91 Å². The van der Waals surface area contributed by atoms with Gasteiger partial charge in [0.15, 0.2) is 5.82 Å². The van der Waals surface area contributed by atoms with Gasteiger partial charge in [0, 0.05) is 0 Å². The van der Waals surface area contributed by atoms with E-state index in [0.29, 0.717) is 22.1 Å². The highest BCUT2D eigenvalue weighted by atomic mass is 35.5. The lowest BCUT2D eigenvalue weighted by atomic mass is 10.2. The molecule has 3 rings (SSSR count). The molecular formula is C16H13ClN4O. The van der Waals surface area contributed by atoms with Crippen LogP contribution in [0, 0.1) is 0 Å². The summed E-state index contributed by atoms with van der Waals surface area (Å²) in [6.07, 6.45) is 0. The first-order valence-corrected chi connectivity index (χ1v) is 7.07. The molecule has 0 fully saturated rings. The van der Waals surface area contributed by atoms with Crippen LogP contribution < -0.4 is 5.43 Å². The first-order chi connectivity index (χ1) is 10.6. The zero-order valence-corrected chi connectivity index (χ0v) is 12.6. The Balaban J connectivity index is 1.80. The number of para-hydroxylation sites is 2. The fourth-order valence-electron chi connectivity index (χ4n) is 2.02. The van der Waals surface area contributed by atoms with E-state index in [2.05, 4.69) is 20.5 Å². The van der Waals surface area contributed by atoms with Gasteiger partial charge in [-0.25, -0.2) is 10.4 Å². The standard InChI is InChI=1S/C16H13ClN4O/c1-10(15-18-13-8-4-5-9-14(13)19-15)20-21-16(22)11-6-2-3-7-12(11)17/h2-9H,1H3,(H,18,19)(H,21,22)/b20-10-. The number of aromatic amines is 1. The van der Waals surface area contributed by atoms with Gasteiger partial charge in [-0.2, -0.15) is 5.10 Å². The minimum absolute atomic E-state index is 0.360. The number of fused-ring (bicyclic) bond motifs is 1. The van der Waals surface area contributed by atoms with E-state index in [1.54, 1.807) is 31.2 Å². The predicted molar refractivity (Wildman–Crippen MR) is 87.2 cm³/mol. The minimum atomic E-state index is -0.360. The maximum atomic E-state index is 12.0. The Labute approximate surface area is 132 Å². The lowest BCUT2D eigenvalue weighted by Crippen LogP contribution is -2.20. The number of hydrazone groups is 1. The van der Waals surface area contributed by atoms with Gasteiger partial charge in [-0.3, -0.25) is 4.79 Å². The fourth-order valence-corrected chi connectivity index (χ4v) is 2.24. The number of amides is 1. The van der Waals surface area contributed by atoms with Crippen LogP contribution in [0.1, 0.15) is 23.1 Å². The molecule has 22 heavy (non-hydrogen) atoms.